The van der Waals surface area contributed by atoms with E-state index >= 15 is 0 Å². The number of anilines is 1. The first kappa shape index (κ1) is 11.4. The van der Waals surface area contributed by atoms with Crippen LogP contribution in [0.2, 0.25) is 0 Å². The van der Waals surface area contributed by atoms with Crippen molar-refractivity contribution >= 4 is 22.8 Å². The van der Waals surface area contributed by atoms with Gasteiger partial charge in [-0.05, 0) is 12.1 Å². The summed E-state index contributed by atoms with van der Waals surface area (Å²) >= 11 is 0. The Balaban J connectivity index is 2.11. The average molecular weight is 235 g/mol. The number of aromatic nitrogens is 1. The van der Waals surface area contributed by atoms with Gasteiger partial charge in [0.15, 0.2) is 11.5 Å². The first-order chi connectivity index (χ1) is 8.06. The van der Waals surface area contributed by atoms with Gasteiger partial charge in [-0.25, -0.2) is 4.98 Å². The number of nitrogens with one attached hydrogen (secondary N) is 1. The van der Waals surface area contributed by atoms with Crippen LogP contribution in [0.4, 0.5) is 5.69 Å². The zero-order chi connectivity index (χ0) is 12.4. The molecule has 1 heterocycles. The van der Waals surface area contributed by atoms with Crippen molar-refractivity contribution in [2.75, 3.05) is 11.9 Å². The van der Waals surface area contributed by atoms with Gasteiger partial charge in [0.25, 0.3) is 0 Å². The van der Waals surface area contributed by atoms with Gasteiger partial charge in [0.05, 0.1) is 0 Å². The third kappa shape index (κ3) is 2.54. The van der Waals surface area contributed by atoms with Crippen molar-refractivity contribution in [3.63, 3.8) is 0 Å². The molecule has 0 saturated carbocycles. The lowest BCUT2D eigenvalue weighted by Gasteiger charge is -2.09. The molecule has 0 fully saturated rings. The molecule has 0 aliphatic rings. The van der Waals surface area contributed by atoms with Crippen LogP contribution >= 0.6 is 0 Å². The molecule has 0 spiro atoms. The SMILES string of the molecule is Cc1nc2ccc(NCC(N)C(=O)O)cc2o1. The number of aliphatic carboxylic acids is 1. The number of benzene rings is 1. The van der Waals surface area contributed by atoms with Crippen molar-refractivity contribution < 1.29 is 14.3 Å². The van der Waals surface area contributed by atoms with Gasteiger partial charge < -0.3 is 20.6 Å². The molecule has 1 aromatic carbocycles. The zero-order valence-corrected chi connectivity index (χ0v) is 9.30. The molecule has 0 aliphatic heterocycles. The lowest BCUT2D eigenvalue weighted by Crippen LogP contribution is -2.36. The van der Waals surface area contributed by atoms with Crippen molar-refractivity contribution in [1.29, 1.82) is 0 Å². The predicted octanol–water partition coefficient (Wildman–Crippen LogP) is 0.960. The maximum Gasteiger partial charge on any atom is 0.322 e. The first-order valence-electron chi connectivity index (χ1n) is 5.16. The van der Waals surface area contributed by atoms with Crippen molar-refractivity contribution in [3.8, 4) is 0 Å². The lowest BCUT2D eigenvalue weighted by atomic mass is 10.2. The number of hydrogen-bond acceptors (Lipinski definition) is 5. The summed E-state index contributed by atoms with van der Waals surface area (Å²) < 4.78 is 5.36. The molecule has 90 valence electrons. The molecule has 1 atom stereocenters. The van der Waals surface area contributed by atoms with E-state index in [1.54, 1.807) is 25.1 Å². The number of nitrogens with two attached hydrogens (primary N) is 1. The van der Waals surface area contributed by atoms with E-state index in [1.807, 2.05) is 0 Å². The zero-order valence-electron chi connectivity index (χ0n) is 9.30. The second-order valence-corrected chi connectivity index (χ2v) is 3.74. The molecular formula is C11H13N3O3. The Labute approximate surface area is 97.4 Å². The summed E-state index contributed by atoms with van der Waals surface area (Å²) in [6.07, 6.45) is 0. The highest BCUT2D eigenvalue weighted by atomic mass is 16.4. The van der Waals surface area contributed by atoms with Crippen molar-refractivity contribution in [1.82, 2.24) is 4.98 Å². The minimum atomic E-state index is -1.03. The number of nitrogens with zero attached hydrogens (tertiary/aromatic N) is 1. The Bertz CT molecular complexity index is 550. The highest BCUT2D eigenvalue weighted by Crippen LogP contribution is 2.19. The minimum absolute atomic E-state index is 0.161. The highest BCUT2D eigenvalue weighted by molar-refractivity contribution is 5.78. The molecule has 2 aromatic rings. The van der Waals surface area contributed by atoms with E-state index < -0.39 is 12.0 Å². The Morgan fingerprint density at radius 2 is 2.41 bits per heavy atom. The van der Waals surface area contributed by atoms with Crippen molar-refractivity contribution in [3.05, 3.63) is 24.1 Å². The molecule has 17 heavy (non-hydrogen) atoms. The van der Waals surface area contributed by atoms with Crippen LogP contribution in [0.3, 0.4) is 0 Å². The number of carboxylic acids is 1. The fourth-order valence-electron chi connectivity index (χ4n) is 1.46. The van der Waals surface area contributed by atoms with E-state index in [0.29, 0.717) is 11.5 Å². The van der Waals surface area contributed by atoms with Crippen LogP contribution in [-0.4, -0.2) is 28.6 Å². The molecule has 0 amide bonds. The van der Waals surface area contributed by atoms with E-state index in [9.17, 15) is 4.79 Å². The van der Waals surface area contributed by atoms with E-state index in [1.165, 1.54) is 0 Å². The molecule has 6 heteroatoms. The Morgan fingerprint density at radius 1 is 1.65 bits per heavy atom. The van der Waals surface area contributed by atoms with Gasteiger partial charge in [0.2, 0.25) is 0 Å². The number of carboxylic acid groups (broad SMARTS) is 1. The van der Waals surface area contributed by atoms with Crippen LogP contribution in [0, 0.1) is 6.92 Å². The standard InChI is InChI=1S/C11H13N3O3/c1-6-14-9-3-2-7(4-10(9)17-6)13-5-8(12)11(15)16/h2-4,8,13H,5,12H2,1H3,(H,15,16). The fraction of sp³-hybridized carbons (Fsp3) is 0.273. The molecule has 0 saturated heterocycles. The first-order valence-corrected chi connectivity index (χ1v) is 5.16. The summed E-state index contributed by atoms with van der Waals surface area (Å²) in [6.45, 7) is 1.93. The minimum Gasteiger partial charge on any atom is -0.480 e. The van der Waals surface area contributed by atoms with E-state index in [0.717, 1.165) is 11.2 Å². The van der Waals surface area contributed by atoms with Crippen LogP contribution in [0.1, 0.15) is 5.89 Å². The summed E-state index contributed by atoms with van der Waals surface area (Å²) in [5.74, 6) is -0.437. The molecule has 0 radical (unpaired) electrons. The van der Waals surface area contributed by atoms with Crippen LogP contribution in [-0.2, 0) is 4.79 Å². The van der Waals surface area contributed by atoms with Gasteiger partial charge >= 0.3 is 5.97 Å². The Kier molecular flexibility index (Phi) is 2.97. The summed E-state index contributed by atoms with van der Waals surface area (Å²) in [6, 6.07) is 4.45. The van der Waals surface area contributed by atoms with Gasteiger partial charge in [0.1, 0.15) is 11.6 Å². The maximum absolute atomic E-state index is 10.5. The topological polar surface area (TPSA) is 101 Å². The van der Waals surface area contributed by atoms with E-state index in [-0.39, 0.29) is 6.54 Å². The molecule has 0 bridgehead atoms. The number of aryl methyl sites for hydroxylation is 1. The third-order valence-corrected chi connectivity index (χ3v) is 2.34. The summed E-state index contributed by atoms with van der Waals surface area (Å²) in [5, 5.41) is 11.6. The summed E-state index contributed by atoms with van der Waals surface area (Å²) in [4.78, 5) is 14.7. The molecule has 6 nitrogen and oxygen atoms in total. The number of hydrogen-bond donors (Lipinski definition) is 3. The van der Waals surface area contributed by atoms with Crippen molar-refractivity contribution in [2.45, 2.75) is 13.0 Å². The van der Waals surface area contributed by atoms with Gasteiger partial charge in [0, 0.05) is 25.2 Å². The number of carbonyl (C=O) groups is 1. The summed E-state index contributed by atoms with van der Waals surface area (Å²) in [5.41, 5.74) is 7.58. The number of oxazole rings is 1. The Hall–Kier alpha value is -2.08. The highest BCUT2D eigenvalue weighted by Gasteiger charge is 2.11. The van der Waals surface area contributed by atoms with Gasteiger partial charge in [-0.1, -0.05) is 0 Å². The summed E-state index contributed by atoms with van der Waals surface area (Å²) in [7, 11) is 0. The van der Waals surface area contributed by atoms with E-state index in [2.05, 4.69) is 10.3 Å². The van der Waals surface area contributed by atoms with Gasteiger partial charge in [-0.15, -0.1) is 0 Å². The van der Waals surface area contributed by atoms with E-state index in [4.69, 9.17) is 15.3 Å². The second kappa shape index (κ2) is 4.42. The molecular weight excluding hydrogens is 222 g/mol. The number of rotatable bonds is 4. The van der Waals surface area contributed by atoms with Gasteiger partial charge in [-0.2, -0.15) is 0 Å². The van der Waals surface area contributed by atoms with Crippen LogP contribution in [0.5, 0.6) is 0 Å². The molecule has 1 unspecified atom stereocenters. The fourth-order valence-corrected chi connectivity index (χ4v) is 1.46. The predicted molar refractivity (Wildman–Crippen MR) is 62.8 cm³/mol. The lowest BCUT2D eigenvalue weighted by molar-refractivity contribution is -0.138. The largest absolute Gasteiger partial charge is 0.480 e. The third-order valence-electron chi connectivity index (χ3n) is 2.34. The van der Waals surface area contributed by atoms with Gasteiger partial charge in [-0.3, -0.25) is 4.79 Å². The monoisotopic (exact) mass is 235 g/mol. The average Bonchev–Trinajstić information content (AvgIpc) is 2.64. The van der Waals surface area contributed by atoms with Crippen LogP contribution in [0.25, 0.3) is 11.1 Å². The van der Waals surface area contributed by atoms with Crippen LogP contribution < -0.4 is 11.1 Å². The smallest absolute Gasteiger partial charge is 0.322 e. The number of fused-ring (bicyclic) bond motifs is 1. The van der Waals surface area contributed by atoms with Crippen LogP contribution in [0.15, 0.2) is 22.6 Å². The molecule has 0 aliphatic carbocycles. The quantitative estimate of drug-likeness (QED) is 0.729. The maximum atomic E-state index is 10.5. The molecule has 2 rings (SSSR count). The second-order valence-electron chi connectivity index (χ2n) is 3.74. The normalized spacial score (nSPS) is 12.6. The Morgan fingerprint density at radius 3 is 3.12 bits per heavy atom. The molecule has 1 aromatic heterocycles. The molecule has 4 N–H and O–H groups in total. The van der Waals surface area contributed by atoms with Crippen molar-refractivity contribution in [2.24, 2.45) is 5.73 Å².